The molecule has 0 saturated heterocycles. The van der Waals surface area contributed by atoms with E-state index in [2.05, 4.69) is 24.1 Å². The van der Waals surface area contributed by atoms with Gasteiger partial charge >= 0.3 is 0 Å². The molecule has 0 aromatic carbocycles. The molecule has 0 rings (SSSR count). The summed E-state index contributed by atoms with van der Waals surface area (Å²) in [7, 11) is 1.71. The van der Waals surface area contributed by atoms with Gasteiger partial charge in [-0.15, -0.1) is 0 Å². The standard InChI is InChI=1S/C13H28N2O2S/c1-5-17-9-6-7-14-13(18)15(8-10-16-4)11-12(2)3/h12H,5-11H2,1-4H3,(H,14,18). The van der Waals surface area contributed by atoms with E-state index in [1.54, 1.807) is 7.11 Å². The van der Waals surface area contributed by atoms with Gasteiger partial charge in [0.2, 0.25) is 0 Å². The molecular weight excluding hydrogens is 248 g/mol. The number of ether oxygens (including phenoxy) is 2. The Morgan fingerprint density at radius 2 is 2.06 bits per heavy atom. The van der Waals surface area contributed by atoms with Crippen LogP contribution in [0, 0.1) is 5.92 Å². The molecule has 0 aliphatic rings. The Morgan fingerprint density at radius 1 is 1.33 bits per heavy atom. The summed E-state index contributed by atoms with van der Waals surface area (Å²) >= 11 is 5.40. The summed E-state index contributed by atoms with van der Waals surface area (Å²) in [5.74, 6) is 0.588. The summed E-state index contributed by atoms with van der Waals surface area (Å²) < 4.78 is 10.4. The second kappa shape index (κ2) is 11.7. The van der Waals surface area contributed by atoms with E-state index in [1.165, 1.54) is 0 Å². The number of nitrogens with zero attached hydrogens (tertiary/aromatic N) is 1. The average molecular weight is 276 g/mol. The van der Waals surface area contributed by atoms with E-state index in [1.807, 2.05) is 6.92 Å². The Hall–Kier alpha value is -0.390. The topological polar surface area (TPSA) is 33.7 Å². The molecule has 0 unspecified atom stereocenters. The van der Waals surface area contributed by atoms with E-state index >= 15 is 0 Å². The lowest BCUT2D eigenvalue weighted by atomic mass is 10.2. The minimum Gasteiger partial charge on any atom is -0.383 e. The van der Waals surface area contributed by atoms with Crippen LogP contribution in [-0.4, -0.2) is 56.6 Å². The molecule has 0 aliphatic carbocycles. The van der Waals surface area contributed by atoms with E-state index in [0.29, 0.717) is 12.5 Å². The van der Waals surface area contributed by atoms with Crippen molar-refractivity contribution in [1.29, 1.82) is 0 Å². The zero-order chi connectivity index (χ0) is 13.8. The molecule has 0 aliphatic heterocycles. The molecule has 5 heteroatoms. The number of hydrogen-bond acceptors (Lipinski definition) is 3. The lowest BCUT2D eigenvalue weighted by molar-refractivity contribution is 0.145. The summed E-state index contributed by atoms with van der Waals surface area (Å²) in [6.45, 7) is 11.3. The Bertz CT molecular complexity index is 213. The quantitative estimate of drug-likeness (QED) is 0.487. The Morgan fingerprint density at radius 3 is 2.61 bits per heavy atom. The lowest BCUT2D eigenvalue weighted by Gasteiger charge is -2.27. The average Bonchev–Trinajstić information content (AvgIpc) is 2.33. The Labute approximate surface area is 117 Å². The molecule has 18 heavy (non-hydrogen) atoms. The van der Waals surface area contributed by atoms with Gasteiger partial charge in [0.25, 0.3) is 0 Å². The predicted octanol–water partition coefficient (Wildman–Crippen LogP) is 1.89. The molecule has 0 amide bonds. The fraction of sp³-hybridized carbons (Fsp3) is 0.923. The molecule has 0 bridgehead atoms. The first kappa shape index (κ1) is 17.6. The molecular formula is C13H28N2O2S. The monoisotopic (exact) mass is 276 g/mol. The van der Waals surface area contributed by atoms with E-state index in [9.17, 15) is 0 Å². The van der Waals surface area contributed by atoms with Crippen molar-refractivity contribution in [3.8, 4) is 0 Å². The summed E-state index contributed by atoms with van der Waals surface area (Å²) in [6.07, 6.45) is 0.980. The van der Waals surface area contributed by atoms with Crippen molar-refractivity contribution in [2.75, 3.05) is 46.6 Å². The summed E-state index contributed by atoms with van der Waals surface area (Å²) in [5.41, 5.74) is 0. The molecule has 1 N–H and O–H groups in total. The van der Waals surface area contributed by atoms with Crippen molar-refractivity contribution in [2.24, 2.45) is 5.92 Å². The van der Waals surface area contributed by atoms with E-state index in [4.69, 9.17) is 21.7 Å². The van der Waals surface area contributed by atoms with Crippen LogP contribution in [0.2, 0.25) is 0 Å². The first-order valence-corrected chi connectivity index (χ1v) is 7.12. The maximum atomic E-state index is 5.40. The molecule has 0 spiro atoms. The number of hydrogen-bond donors (Lipinski definition) is 1. The van der Waals surface area contributed by atoms with E-state index in [-0.39, 0.29) is 0 Å². The van der Waals surface area contributed by atoms with Crippen LogP contribution in [0.1, 0.15) is 27.2 Å². The molecule has 0 aromatic heterocycles. The first-order chi connectivity index (χ1) is 8.61. The van der Waals surface area contributed by atoms with Crippen LogP contribution in [0.4, 0.5) is 0 Å². The second-order valence-electron chi connectivity index (χ2n) is 4.62. The number of methoxy groups -OCH3 is 1. The van der Waals surface area contributed by atoms with Gasteiger partial charge in [-0.1, -0.05) is 13.8 Å². The smallest absolute Gasteiger partial charge is 0.169 e. The molecule has 4 nitrogen and oxygen atoms in total. The van der Waals surface area contributed by atoms with Crippen LogP contribution in [0.25, 0.3) is 0 Å². The van der Waals surface area contributed by atoms with Gasteiger partial charge in [0, 0.05) is 40.0 Å². The van der Waals surface area contributed by atoms with Crippen LogP contribution < -0.4 is 5.32 Å². The summed E-state index contributed by atoms with van der Waals surface area (Å²) in [5, 5.41) is 4.09. The SMILES string of the molecule is CCOCCCNC(=S)N(CCOC)CC(C)C. The largest absolute Gasteiger partial charge is 0.383 e. The van der Waals surface area contributed by atoms with Crippen molar-refractivity contribution in [1.82, 2.24) is 10.2 Å². The highest BCUT2D eigenvalue weighted by molar-refractivity contribution is 7.80. The van der Waals surface area contributed by atoms with Crippen LogP contribution in [-0.2, 0) is 9.47 Å². The summed E-state index contributed by atoms with van der Waals surface area (Å²) in [4.78, 5) is 2.17. The lowest BCUT2D eigenvalue weighted by Crippen LogP contribution is -2.43. The Balaban J connectivity index is 3.88. The Kier molecular flexibility index (Phi) is 11.4. The molecule has 0 aromatic rings. The third-order valence-electron chi connectivity index (χ3n) is 2.38. The normalized spacial score (nSPS) is 10.7. The fourth-order valence-electron chi connectivity index (χ4n) is 1.54. The van der Waals surface area contributed by atoms with Crippen molar-refractivity contribution in [3.63, 3.8) is 0 Å². The van der Waals surface area contributed by atoms with Crippen molar-refractivity contribution >= 4 is 17.3 Å². The zero-order valence-electron chi connectivity index (χ0n) is 12.2. The molecule has 0 heterocycles. The minimum atomic E-state index is 0.588. The molecule has 0 fully saturated rings. The fourth-order valence-corrected chi connectivity index (χ4v) is 1.81. The maximum absolute atomic E-state index is 5.40. The van der Waals surface area contributed by atoms with Gasteiger partial charge in [-0.25, -0.2) is 0 Å². The number of thiocarbonyl (C=S) groups is 1. The highest BCUT2D eigenvalue weighted by atomic mass is 32.1. The molecule has 0 atom stereocenters. The van der Waals surface area contributed by atoms with Gasteiger partial charge in [-0.05, 0) is 31.5 Å². The van der Waals surface area contributed by atoms with Crippen LogP contribution in [0.3, 0.4) is 0 Å². The third-order valence-corrected chi connectivity index (χ3v) is 2.79. The van der Waals surface area contributed by atoms with E-state index < -0.39 is 0 Å². The highest BCUT2D eigenvalue weighted by Crippen LogP contribution is 1.99. The van der Waals surface area contributed by atoms with Crippen molar-refractivity contribution in [3.05, 3.63) is 0 Å². The van der Waals surface area contributed by atoms with Crippen LogP contribution in [0.15, 0.2) is 0 Å². The van der Waals surface area contributed by atoms with Gasteiger partial charge in [0.05, 0.1) is 6.61 Å². The second-order valence-corrected chi connectivity index (χ2v) is 5.00. The predicted molar refractivity (Wildman–Crippen MR) is 80.0 cm³/mol. The van der Waals surface area contributed by atoms with Gasteiger partial charge in [0.15, 0.2) is 5.11 Å². The molecule has 0 saturated carbocycles. The van der Waals surface area contributed by atoms with Crippen molar-refractivity contribution < 1.29 is 9.47 Å². The van der Waals surface area contributed by atoms with Crippen LogP contribution >= 0.6 is 12.2 Å². The highest BCUT2D eigenvalue weighted by Gasteiger charge is 2.10. The minimum absolute atomic E-state index is 0.588. The van der Waals surface area contributed by atoms with Crippen LogP contribution in [0.5, 0.6) is 0 Å². The zero-order valence-corrected chi connectivity index (χ0v) is 13.0. The molecule has 0 radical (unpaired) electrons. The van der Waals surface area contributed by atoms with Gasteiger partial charge in [-0.3, -0.25) is 0 Å². The third kappa shape index (κ3) is 9.62. The van der Waals surface area contributed by atoms with Gasteiger partial charge in [0.1, 0.15) is 0 Å². The van der Waals surface area contributed by atoms with Crippen molar-refractivity contribution in [2.45, 2.75) is 27.2 Å². The number of rotatable bonds is 10. The maximum Gasteiger partial charge on any atom is 0.169 e. The van der Waals surface area contributed by atoms with Gasteiger partial charge < -0.3 is 19.7 Å². The van der Waals surface area contributed by atoms with E-state index in [0.717, 1.165) is 44.4 Å². The first-order valence-electron chi connectivity index (χ1n) is 6.71. The molecule has 108 valence electrons. The number of nitrogens with one attached hydrogen (secondary N) is 1. The summed E-state index contributed by atoms with van der Waals surface area (Å²) in [6, 6.07) is 0. The van der Waals surface area contributed by atoms with Gasteiger partial charge in [-0.2, -0.15) is 0 Å².